The zero-order valence-electron chi connectivity index (χ0n) is 9.82. The summed E-state index contributed by atoms with van der Waals surface area (Å²) in [5.41, 5.74) is 0.557. The molecule has 2 atom stereocenters. The first-order valence-electron chi connectivity index (χ1n) is 5.53. The molecule has 0 N–H and O–H groups in total. The second-order valence-electron chi connectivity index (χ2n) is 4.31. The monoisotopic (exact) mass is 238 g/mol. The summed E-state index contributed by atoms with van der Waals surface area (Å²) in [6.45, 7) is 0. The van der Waals surface area contributed by atoms with Gasteiger partial charge in [0.15, 0.2) is 0 Å². The Labute approximate surface area is 98.8 Å². The van der Waals surface area contributed by atoms with Crippen molar-refractivity contribution in [1.82, 2.24) is 0 Å². The number of ketones is 1. The Balaban J connectivity index is 2.52. The van der Waals surface area contributed by atoms with Gasteiger partial charge in [-0.1, -0.05) is 0 Å². The predicted octanol–water partition coefficient (Wildman–Crippen LogP) is 0.628. The van der Waals surface area contributed by atoms with Crippen LogP contribution in [0.5, 0.6) is 0 Å². The van der Waals surface area contributed by atoms with Gasteiger partial charge in [-0.05, 0) is 18.8 Å². The number of hydrogen-bond donors (Lipinski definition) is 0. The van der Waals surface area contributed by atoms with Crippen LogP contribution in [0.2, 0.25) is 0 Å². The molecule has 5 heteroatoms. The molecule has 1 saturated carbocycles. The van der Waals surface area contributed by atoms with E-state index in [0.29, 0.717) is 18.4 Å². The maximum absolute atomic E-state index is 11.7. The summed E-state index contributed by atoms with van der Waals surface area (Å²) in [5, 5.41) is 0. The van der Waals surface area contributed by atoms with E-state index in [4.69, 9.17) is 0 Å². The number of methoxy groups -OCH3 is 2. The van der Waals surface area contributed by atoms with Crippen molar-refractivity contribution in [3.05, 3.63) is 11.1 Å². The van der Waals surface area contributed by atoms with Crippen molar-refractivity contribution < 1.29 is 23.9 Å². The molecule has 0 aliphatic heterocycles. The molecule has 5 nitrogen and oxygen atoms in total. The van der Waals surface area contributed by atoms with Crippen molar-refractivity contribution in [2.45, 2.75) is 19.3 Å². The van der Waals surface area contributed by atoms with Crippen molar-refractivity contribution in [1.29, 1.82) is 0 Å². The number of carbonyl (C=O) groups is 3. The van der Waals surface area contributed by atoms with Crippen molar-refractivity contribution in [3.8, 4) is 0 Å². The summed E-state index contributed by atoms with van der Waals surface area (Å²) in [4.78, 5) is 35.1. The Morgan fingerprint density at radius 1 is 1.06 bits per heavy atom. The summed E-state index contributed by atoms with van der Waals surface area (Å²) >= 11 is 0. The summed E-state index contributed by atoms with van der Waals surface area (Å²) < 4.78 is 9.35. The molecule has 0 aromatic rings. The molecule has 3 aliphatic rings. The molecular formula is C12H14O5. The largest absolute Gasteiger partial charge is 0.466 e. The molecule has 0 aromatic heterocycles. The molecule has 2 bridgehead atoms. The number of carbonyl (C=O) groups excluding carboxylic acids is 3. The molecule has 0 amide bonds. The maximum atomic E-state index is 11.7. The van der Waals surface area contributed by atoms with Gasteiger partial charge in [0.2, 0.25) is 0 Å². The van der Waals surface area contributed by atoms with Gasteiger partial charge >= 0.3 is 11.9 Å². The van der Waals surface area contributed by atoms with Crippen LogP contribution in [0, 0.1) is 11.8 Å². The molecule has 0 unspecified atom stereocenters. The van der Waals surface area contributed by atoms with Crippen LogP contribution >= 0.6 is 0 Å². The molecule has 17 heavy (non-hydrogen) atoms. The molecule has 0 heterocycles. The van der Waals surface area contributed by atoms with Gasteiger partial charge in [0.05, 0.1) is 31.3 Å². The van der Waals surface area contributed by atoms with E-state index >= 15 is 0 Å². The Morgan fingerprint density at radius 2 is 1.65 bits per heavy atom. The predicted molar refractivity (Wildman–Crippen MR) is 56.9 cm³/mol. The minimum Gasteiger partial charge on any atom is -0.466 e. The van der Waals surface area contributed by atoms with Gasteiger partial charge < -0.3 is 9.47 Å². The Kier molecular flexibility index (Phi) is 3.00. The third-order valence-corrected chi connectivity index (χ3v) is 3.50. The van der Waals surface area contributed by atoms with Gasteiger partial charge in [-0.15, -0.1) is 0 Å². The summed E-state index contributed by atoms with van der Waals surface area (Å²) in [6, 6.07) is 0. The Bertz CT molecular complexity index is 421. The van der Waals surface area contributed by atoms with Crippen LogP contribution in [-0.4, -0.2) is 31.9 Å². The van der Waals surface area contributed by atoms with Crippen LogP contribution in [0.4, 0.5) is 0 Å². The third-order valence-electron chi connectivity index (χ3n) is 3.50. The third kappa shape index (κ3) is 1.75. The van der Waals surface area contributed by atoms with E-state index in [0.717, 1.165) is 6.42 Å². The molecule has 0 saturated heterocycles. The quantitative estimate of drug-likeness (QED) is 0.660. The second-order valence-corrected chi connectivity index (χ2v) is 4.31. The number of rotatable bonds is 2. The lowest BCUT2D eigenvalue weighted by molar-refractivity contribution is -0.143. The molecule has 92 valence electrons. The second kappa shape index (κ2) is 4.31. The van der Waals surface area contributed by atoms with E-state index in [1.54, 1.807) is 0 Å². The van der Waals surface area contributed by atoms with E-state index in [1.165, 1.54) is 14.2 Å². The van der Waals surface area contributed by atoms with Gasteiger partial charge in [0.25, 0.3) is 0 Å². The minimum absolute atomic E-state index is 0.0225. The molecule has 1 fully saturated rings. The Morgan fingerprint density at radius 3 is 2.18 bits per heavy atom. The average Bonchev–Trinajstić information content (AvgIpc) is 2.36. The fourth-order valence-corrected chi connectivity index (χ4v) is 2.72. The van der Waals surface area contributed by atoms with E-state index in [9.17, 15) is 14.4 Å². The highest BCUT2D eigenvalue weighted by atomic mass is 16.5. The van der Waals surface area contributed by atoms with Crippen LogP contribution < -0.4 is 0 Å². The van der Waals surface area contributed by atoms with Crippen molar-refractivity contribution >= 4 is 17.7 Å². The van der Waals surface area contributed by atoms with Gasteiger partial charge in [0.1, 0.15) is 5.78 Å². The van der Waals surface area contributed by atoms with Crippen LogP contribution in [0.25, 0.3) is 0 Å². The van der Waals surface area contributed by atoms with Crippen LogP contribution in [0.3, 0.4) is 0 Å². The lowest BCUT2D eigenvalue weighted by Gasteiger charge is -2.36. The normalized spacial score (nSPS) is 27.1. The topological polar surface area (TPSA) is 69.7 Å². The minimum atomic E-state index is -0.590. The number of esters is 2. The van der Waals surface area contributed by atoms with Crippen molar-refractivity contribution in [2.75, 3.05) is 14.2 Å². The van der Waals surface area contributed by atoms with Gasteiger partial charge in [-0.2, -0.15) is 0 Å². The SMILES string of the molecule is COC(=O)C1=C(C(=O)OC)[C@H]2CC[C@@H]1CC2=O. The van der Waals surface area contributed by atoms with Crippen molar-refractivity contribution in [2.24, 2.45) is 11.8 Å². The van der Waals surface area contributed by atoms with Gasteiger partial charge in [0, 0.05) is 6.42 Å². The lowest BCUT2D eigenvalue weighted by Crippen LogP contribution is -2.40. The Hall–Kier alpha value is -1.65. The van der Waals surface area contributed by atoms with Crippen LogP contribution in [0.15, 0.2) is 11.1 Å². The highest BCUT2D eigenvalue weighted by molar-refractivity contribution is 6.08. The molecule has 0 aromatic carbocycles. The van der Waals surface area contributed by atoms with Gasteiger partial charge in [-0.3, -0.25) is 4.79 Å². The molecular weight excluding hydrogens is 224 g/mol. The molecule has 3 aliphatic carbocycles. The number of fused-ring (bicyclic) bond motifs is 2. The first-order valence-corrected chi connectivity index (χ1v) is 5.53. The number of ether oxygens (including phenoxy) is 2. The first-order chi connectivity index (χ1) is 8.10. The highest BCUT2D eigenvalue weighted by Gasteiger charge is 2.46. The smallest absolute Gasteiger partial charge is 0.335 e. The summed E-state index contributed by atoms with van der Waals surface area (Å²) in [6.07, 6.45) is 1.70. The average molecular weight is 238 g/mol. The van der Waals surface area contributed by atoms with E-state index in [-0.39, 0.29) is 17.3 Å². The van der Waals surface area contributed by atoms with Gasteiger partial charge in [-0.25, -0.2) is 9.59 Å². The molecule has 3 rings (SSSR count). The first kappa shape index (κ1) is 11.8. The van der Waals surface area contributed by atoms with E-state index in [1.807, 2.05) is 0 Å². The zero-order chi connectivity index (χ0) is 12.6. The molecule has 0 spiro atoms. The fourth-order valence-electron chi connectivity index (χ4n) is 2.72. The molecule has 0 radical (unpaired) electrons. The summed E-state index contributed by atoms with van der Waals surface area (Å²) in [5.74, 6) is -1.76. The maximum Gasteiger partial charge on any atom is 0.335 e. The van der Waals surface area contributed by atoms with Crippen LogP contribution in [0.1, 0.15) is 19.3 Å². The summed E-state index contributed by atoms with van der Waals surface area (Å²) in [7, 11) is 2.52. The van der Waals surface area contributed by atoms with E-state index in [2.05, 4.69) is 9.47 Å². The lowest BCUT2D eigenvalue weighted by atomic mass is 9.66. The fraction of sp³-hybridized carbons (Fsp3) is 0.583. The van der Waals surface area contributed by atoms with Crippen molar-refractivity contribution in [3.63, 3.8) is 0 Å². The standard InChI is InChI=1S/C12H14O5/c1-16-11(14)9-6-3-4-7(8(13)5-6)10(9)12(15)17-2/h6-7H,3-5H2,1-2H3/t6-,7+/m1/s1. The van der Waals surface area contributed by atoms with Crippen LogP contribution in [-0.2, 0) is 23.9 Å². The number of Topliss-reactive ketones (excluding diaryl/α,β-unsaturated/α-hetero) is 1. The number of hydrogen-bond acceptors (Lipinski definition) is 5. The van der Waals surface area contributed by atoms with E-state index < -0.39 is 17.9 Å². The highest BCUT2D eigenvalue weighted by Crippen LogP contribution is 2.44. The zero-order valence-corrected chi connectivity index (χ0v) is 9.82.